The Morgan fingerprint density at radius 3 is 3.00 bits per heavy atom. The number of hydrogen-bond donors (Lipinski definition) is 1. The average Bonchev–Trinajstić information content (AvgIpc) is 2.69. The number of hydrogen-bond acceptors (Lipinski definition) is 7. The second-order valence-electron chi connectivity index (χ2n) is 2.71. The molecular weight excluding hydrogens is 226 g/mol. The van der Waals surface area contributed by atoms with E-state index >= 15 is 0 Å². The summed E-state index contributed by atoms with van der Waals surface area (Å²) < 4.78 is 1.30. The molecule has 0 atom stereocenters. The Morgan fingerprint density at radius 2 is 2.31 bits per heavy atom. The molecule has 16 heavy (non-hydrogen) atoms. The van der Waals surface area contributed by atoms with E-state index in [1.807, 2.05) is 6.07 Å². The van der Waals surface area contributed by atoms with Crippen LogP contribution in [0.15, 0.2) is 23.7 Å². The molecule has 2 aromatic rings. The first-order valence-electron chi connectivity index (χ1n) is 4.29. The molecule has 2 aromatic heterocycles. The molecule has 0 saturated carbocycles. The number of nitriles is 1. The molecule has 0 aliphatic rings. The molecule has 2 N–H and O–H groups in total. The highest BCUT2D eigenvalue weighted by Gasteiger charge is 2.12. The summed E-state index contributed by atoms with van der Waals surface area (Å²) in [6.07, 6.45) is 4.66. The van der Waals surface area contributed by atoms with Crippen molar-refractivity contribution < 1.29 is 0 Å². The lowest BCUT2D eigenvalue weighted by atomic mass is 10.4. The quantitative estimate of drug-likeness (QED) is 0.590. The van der Waals surface area contributed by atoms with E-state index in [0.29, 0.717) is 16.7 Å². The summed E-state index contributed by atoms with van der Waals surface area (Å²) in [4.78, 5) is 7.98. The predicted molar refractivity (Wildman–Crippen MR) is 57.5 cm³/mol. The summed E-state index contributed by atoms with van der Waals surface area (Å²) in [5.41, 5.74) is 0.543. The maximum atomic E-state index is 8.45. The minimum Gasteiger partial charge on any atom is -0.335 e. The van der Waals surface area contributed by atoms with Gasteiger partial charge in [-0.25, -0.2) is 9.66 Å². The molecule has 8 heteroatoms. The Kier molecular flexibility index (Phi) is 2.98. The summed E-state index contributed by atoms with van der Waals surface area (Å²) in [7, 11) is 0. The van der Waals surface area contributed by atoms with Crippen LogP contribution in [-0.4, -0.2) is 30.6 Å². The molecule has 7 nitrogen and oxygen atoms in total. The smallest absolute Gasteiger partial charge is 0.211 e. The van der Waals surface area contributed by atoms with Crippen LogP contribution in [-0.2, 0) is 0 Å². The lowest BCUT2D eigenvalue weighted by molar-refractivity contribution is 0.849. The highest BCUT2D eigenvalue weighted by Crippen LogP contribution is 2.18. The summed E-state index contributed by atoms with van der Waals surface area (Å²) in [5, 5.41) is 16.7. The Balaban J connectivity index is 2.31. The highest BCUT2D eigenvalue weighted by atomic mass is 32.2. The van der Waals surface area contributed by atoms with Crippen molar-refractivity contribution in [1.82, 2.24) is 24.8 Å². The van der Waals surface area contributed by atoms with Crippen LogP contribution in [0.25, 0.3) is 11.5 Å². The number of rotatable bonds is 3. The van der Waals surface area contributed by atoms with Crippen molar-refractivity contribution in [2.75, 3.05) is 11.6 Å². The van der Waals surface area contributed by atoms with Crippen LogP contribution in [0.2, 0.25) is 0 Å². The standard InChI is InChI=1S/C8H7N7S/c9-1-4-16-8-14-13-7(15(8)10)6-5-11-2-3-12-6/h2-3,5H,4,10H2. The Labute approximate surface area is 95.3 Å². The molecule has 0 radical (unpaired) electrons. The van der Waals surface area contributed by atoms with Crippen molar-refractivity contribution in [3.63, 3.8) is 0 Å². The molecule has 2 heterocycles. The molecule has 0 amide bonds. The van der Waals surface area contributed by atoms with Gasteiger partial charge < -0.3 is 5.84 Å². The molecule has 0 unspecified atom stereocenters. The maximum Gasteiger partial charge on any atom is 0.211 e. The summed E-state index contributed by atoms with van der Waals surface area (Å²) in [5.74, 6) is 6.47. The monoisotopic (exact) mass is 233 g/mol. The van der Waals surface area contributed by atoms with Crippen molar-refractivity contribution in [3.05, 3.63) is 18.6 Å². The number of nitrogens with two attached hydrogens (primary N) is 1. The minimum atomic E-state index is 0.274. The van der Waals surface area contributed by atoms with Gasteiger partial charge in [-0.1, -0.05) is 11.8 Å². The SMILES string of the molecule is N#CCSc1nnc(-c2cnccn2)n1N. The molecule has 0 spiro atoms. The molecule has 2 rings (SSSR count). The van der Waals surface area contributed by atoms with Crippen LogP contribution in [0.5, 0.6) is 0 Å². The van der Waals surface area contributed by atoms with Gasteiger partial charge in [0.2, 0.25) is 11.0 Å². The fourth-order valence-electron chi connectivity index (χ4n) is 1.06. The van der Waals surface area contributed by atoms with Crippen LogP contribution in [0, 0.1) is 11.3 Å². The van der Waals surface area contributed by atoms with E-state index < -0.39 is 0 Å². The van der Waals surface area contributed by atoms with Crippen LogP contribution in [0.4, 0.5) is 0 Å². The molecule has 0 aliphatic carbocycles. The van der Waals surface area contributed by atoms with Crippen LogP contribution < -0.4 is 5.84 Å². The third-order valence-electron chi connectivity index (χ3n) is 1.72. The zero-order valence-corrected chi connectivity index (χ0v) is 8.92. The van der Waals surface area contributed by atoms with Crippen LogP contribution in [0.1, 0.15) is 0 Å². The van der Waals surface area contributed by atoms with Crippen LogP contribution >= 0.6 is 11.8 Å². The zero-order chi connectivity index (χ0) is 11.4. The fraction of sp³-hybridized carbons (Fsp3) is 0.125. The second-order valence-corrected chi connectivity index (χ2v) is 3.66. The Bertz CT molecular complexity index is 515. The number of thioether (sulfide) groups is 1. The number of nitrogen functional groups attached to an aromatic ring is 1. The van der Waals surface area contributed by atoms with Gasteiger partial charge in [0.25, 0.3) is 0 Å². The molecule has 0 aliphatic heterocycles. The van der Waals surface area contributed by atoms with E-state index in [1.54, 1.807) is 18.6 Å². The van der Waals surface area contributed by atoms with Gasteiger partial charge in [0.05, 0.1) is 18.0 Å². The summed E-state index contributed by atoms with van der Waals surface area (Å²) >= 11 is 1.22. The zero-order valence-electron chi connectivity index (χ0n) is 8.11. The summed E-state index contributed by atoms with van der Waals surface area (Å²) in [6, 6.07) is 1.99. The van der Waals surface area contributed by atoms with E-state index in [4.69, 9.17) is 11.1 Å². The van der Waals surface area contributed by atoms with Gasteiger partial charge in [0.1, 0.15) is 5.69 Å². The third kappa shape index (κ3) is 1.94. The van der Waals surface area contributed by atoms with Crippen molar-refractivity contribution in [2.24, 2.45) is 0 Å². The Morgan fingerprint density at radius 1 is 1.44 bits per heavy atom. The molecule has 0 fully saturated rings. The van der Waals surface area contributed by atoms with Gasteiger partial charge in [-0.05, 0) is 0 Å². The topological polar surface area (TPSA) is 106 Å². The van der Waals surface area contributed by atoms with Crippen molar-refractivity contribution in [2.45, 2.75) is 5.16 Å². The molecule has 0 saturated heterocycles. The van der Waals surface area contributed by atoms with Gasteiger partial charge >= 0.3 is 0 Å². The molecular formula is C8H7N7S. The van der Waals surface area contributed by atoms with Crippen molar-refractivity contribution in [3.8, 4) is 17.6 Å². The van der Waals surface area contributed by atoms with Gasteiger partial charge in [-0.3, -0.25) is 4.98 Å². The van der Waals surface area contributed by atoms with Gasteiger partial charge in [0, 0.05) is 12.4 Å². The normalized spacial score (nSPS) is 9.94. The molecule has 80 valence electrons. The van der Waals surface area contributed by atoms with Gasteiger partial charge in [-0.15, -0.1) is 10.2 Å². The largest absolute Gasteiger partial charge is 0.335 e. The third-order valence-corrected chi connectivity index (χ3v) is 2.53. The molecule has 0 bridgehead atoms. The second kappa shape index (κ2) is 4.59. The lowest BCUT2D eigenvalue weighted by Crippen LogP contribution is -2.12. The Hall–Kier alpha value is -2.14. The van der Waals surface area contributed by atoms with Gasteiger partial charge in [0.15, 0.2) is 0 Å². The van der Waals surface area contributed by atoms with E-state index in [9.17, 15) is 0 Å². The minimum absolute atomic E-state index is 0.274. The lowest BCUT2D eigenvalue weighted by Gasteiger charge is -2.00. The number of nitrogens with zero attached hydrogens (tertiary/aromatic N) is 6. The predicted octanol–water partition coefficient (Wildman–Crippen LogP) is 0.0646. The maximum absolute atomic E-state index is 8.45. The van der Waals surface area contributed by atoms with E-state index in [2.05, 4.69) is 20.2 Å². The first kappa shape index (κ1) is 10.4. The first-order chi connectivity index (χ1) is 7.83. The van der Waals surface area contributed by atoms with E-state index in [1.165, 1.54) is 16.4 Å². The number of aromatic nitrogens is 5. The summed E-state index contributed by atoms with van der Waals surface area (Å²) in [6.45, 7) is 0. The van der Waals surface area contributed by atoms with Crippen molar-refractivity contribution >= 4 is 11.8 Å². The average molecular weight is 233 g/mol. The van der Waals surface area contributed by atoms with Gasteiger partial charge in [-0.2, -0.15) is 5.26 Å². The van der Waals surface area contributed by atoms with Crippen LogP contribution in [0.3, 0.4) is 0 Å². The fourth-order valence-corrected chi connectivity index (χ4v) is 1.58. The van der Waals surface area contributed by atoms with E-state index in [-0.39, 0.29) is 5.75 Å². The highest BCUT2D eigenvalue weighted by molar-refractivity contribution is 7.99. The first-order valence-corrected chi connectivity index (χ1v) is 5.28. The van der Waals surface area contributed by atoms with Crippen molar-refractivity contribution in [1.29, 1.82) is 5.26 Å². The van der Waals surface area contributed by atoms with E-state index in [0.717, 1.165) is 0 Å². The molecule has 0 aromatic carbocycles.